The molecule has 0 aromatic heterocycles. The second-order valence-electron chi connectivity index (χ2n) is 4.97. The van der Waals surface area contributed by atoms with Gasteiger partial charge in [-0.15, -0.1) is 0 Å². The summed E-state index contributed by atoms with van der Waals surface area (Å²) in [6, 6.07) is 7.22. The Balaban J connectivity index is 2.11. The van der Waals surface area contributed by atoms with Gasteiger partial charge >= 0.3 is 0 Å². The lowest BCUT2D eigenvalue weighted by molar-refractivity contribution is -0.00425. The molecule has 0 bridgehead atoms. The number of benzene rings is 1. The number of rotatable bonds is 5. The molecule has 0 saturated heterocycles. The van der Waals surface area contributed by atoms with Gasteiger partial charge in [-0.3, -0.25) is 0 Å². The van der Waals surface area contributed by atoms with Crippen LogP contribution in [0.1, 0.15) is 6.42 Å². The van der Waals surface area contributed by atoms with Gasteiger partial charge in [-0.25, -0.2) is 13.1 Å². The Morgan fingerprint density at radius 1 is 1.25 bits per heavy atom. The van der Waals surface area contributed by atoms with E-state index in [4.69, 9.17) is 4.74 Å². The van der Waals surface area contributed by atoms with Crippen LogP contribution in [0.2, 0.25) is 0 Å². The summed E-state index contributed by atoms with van der Waals surface area (Å²) in [6.45, 7) is 0.280. The van der Waals surface area contributed by atoms with E-state index in [1.807, 2.05) is 0 Å². The van der Waals surface area contributed by atoms with Crippen molar-refractivity contribution in [3.63, 3.8) is 0 Å². The largest absolute Gasteiger partial charge is 0.390 e. The van der Waals surface area contributed by atoms with E-state index >= 15 is 0 Å². The van der Waals surface area contributed by atoms with Crippen LogP contribution in [0.15, 0.2) is 35.2 Å². The van der Waals surface area contributed by atoms with Crippen molar-refractivity contribution in [1.82, 2.24) is 4.72 Å². The fourth-order valence-electron chi connectivity index (χ4n) is 2.49. The number of nitrogens with one attached hydrogen (secondary N) is 1. The van der Waals surface area contributed by atoms with Gasteiger partial charge in [0, 0.05) is 13.0 Å². The van der Waals surface area contributed by atoms with Crippen molar-refractivity contribution in [3.8, 4) is 0 Å². The predicted octanol–water partition coefficient (Wildman–Crippen LogP) is -0.278. The number of aliphatic hydroxyl groups excluding tert-OH is 2. The second kappa shape index (κ2) is 6.19. The highest BCUT2D eigenvalue weighted by atomic mass is 32.2. The molecule has 0 spiro atoms. The minimum atomic E-state index is -3.70. The standard InChI is InChI=1S/C13H19NO5S/c1-19-8-9-7-11(13(16)12(9)15)14-20(17,18)10-5-3-2-4-6-10/h2-6,9,11-16H,7-8H2,1H3/t9-,11-,12-,13+/m1/s1. The molecule has 1 aliphatic carbocycles. The number of sulfonamides is 1. The van der Waals surface area contributed by atoms with E-state index in [2.05, 4.69) is 4.72 Å². The highest BCUT2D eigenvalue weighted by Crippen LogP contribution is 2.28. The Kier molecular flexibility index (Phi) is 4.77. The minimum Gasteiger partial charge on any atom is -0.390 e. The number of methoxy groups -OCH3 is 1. The van der Waals surface area contributed by atoms with Gasteiger partial charge in [-0.05, 0) is 18.6 Å². The lowest BCUT2D eigenvalue weighted by atomic mass is 10.1. The predicted molar refractivity (Wildman–Crippen MR) is 72.5 cm³/mol. The molecule has 1 saturated carbocycles. The number of ether oxygens (including phenoxy) is 1. The lowest BCUT2D eigenvalue weighted by Crippen LogP contribution is -2.43. The van der Waals surface area contributed by atoms with Crippen LogP contribution >= 0.6 is 0 Å². The van der Waals surface area contributed by atoms with Crippen LogP contribution in [0.25, 0.3) is 0 Å². The van der Waals surface area contributed by atoms with Crippen molar-refractivity contribution in [2.24, 2.45) is 5.92 Å². The summed E-state index contributed by atoms with van der Waals surface area (Å²) in [4.78, 5) is 0.136. The molecule has 1 aromatic rings. The van der Waals surface area contributed by atoms with Gasteiger partial charge in [0.1, 0.15) is 0 Å². The van der Waals surface area contributed by atoms with E-state index in [0.717, 1.165) is 0 Å². The molecule has 0 amide bonds. The first-order chi connectivity index (χ1) is 9.45. The van der Waals surface area contributed by atoms with Crippen molar-refractivity contribution in [1.29, 1.82) is 0 Å². The maximum atomic E-state index is 12.2. The van der Waals surface area contributed by atoms with Gasteiger partial charge in [0.15, 0.2) is 0 Å². The molecule has 4 atom stereocenters. The van der Waals surface area contributed by atoms with Crippen LogP contribution in [0.3, 0.4) is 0 Å². The molecular formula is C13H19NO5S. The monoisotopic (exact) mass is 301 g/mol. The van der Waals surface area contributed by atoms with Crippen LogP contribution in [-0.4, -0.2) is 50.6 Å². The van der Waals surface area contributed by atoms with Gasteiger partial charge < -0.3 is 14.9 Å². The highest BCUT2D eigenvalue weighted by molar-refractivity contribution is 7.89. The summed E-state index contributed by atoms with van der Waals surface area (Å²) < 4.78 is 31.7. The lowest BCUT2D eigenvalue weighted by Gasteiger charge is -2.18. The summed E-state index contributed by atoms with van der Waals surface area (Å²) in [5.74, 6) is -0.279. The fraction of sp³-hybridized carbons (Fsp3) is 0.538. The van der Waals surface area contributed by atoms with Crippen LogP contribution in [-0.2, 0) is 14.8 Å². The van der Waals surface area contributed by atoms with Crippen LogP contribution in [0.5, 0.6) is 0 Å². The summed E-state index contributed by atoms with van der Waals surface area (Å²) in [5, 5.41) is 19.8. The van der Waals surface area contributed by atoms with Gasteiger partial charge in [0.2, 0.25) is 10.0 Å². The van der Waals surface area contributed by atoms with Gasteiger partial charge in [-0.1, -0.05) is 18.2 Å². The molecular weight excluding hydrogens is 282 g/mol. The first kappa shape index (κ1) is 15.4. The number of aliphatic hydroxyl groups is 2. The molecule has 6 nitrogen and oxygen atoms in total. The number of hydrogen-bond donors (Lipinski definition) is 3. The van der Waals surface area contributed by atoms with Crippen molar-refractivity contribution >= 4 is 10.0 Å². The molecule has 112 valence electrons. The van der Waals surface area contributed by atoms with Crippen molar-refractivity contribution in [3.05, 3.63) is 30.3 Å². The zero-order valence-electron chi connectivity index (χ0n) is 11.1. The maximum absolute atomic E-state index is 12.2. The summed E-state index contributed by atoms with van der Waals surface area (Å²) in [7, 11) is -2.20. The molecule has 7 heteroatoms. The number of hydrogen-bond acceptors (Lipinski definition) is 5. The van der Waals surface area contributed by atoms with Crippen molar-refractivity contribution < 1.29 is 23.4 Å². The van der Waals surface area contributed by atoms with Crippen molar-refractivity contribution in [2.75, 3.05) is 13.7 Å². The molecule has 2 rings (SSSR count). The molecule has 3 N–H and O–H groups in total. The molecule has 0 unspecified atom stereocenters. The van der Waals surface area contributed by atoms with Gasteiger partial charge in [0.25, 0.3) is 0 Å². The summed E-state index contributed by atoms with van der Waals surface area (Å²) in [5.41, 5.74) is 0. The Hall–Kier alpha value is -0.990. The minimum absolute atomic E-state index is 0.136. The fourth-order valence-corrected chi connectivity index (χ4v) is 3.77. The van der Waals surface area contributed by atoms with E-state index in [0.29, 0.717) is 6.42 Å². The Labute approximate surface area is 118 Å². The summed E-state index contributed by atoms with van der Waals surface area (Å²) in [6.07, 6.45) is -1.78. The molecule has 0 heterocycles. The van der Waals surface area contributed by atoms with Crippen LogP contribution < -0.4 is 4.72 Å². The van der Waals surface area contributed by atoms with E-state index in [1.54, 1.807) is 18.2 Å². The zero-order valence-corrected chi connectivity index (χ0v) is 12.0. The molecule has 0 radical (unpaired) electrons. The normalized spacial score (nSPS) is 30.6. The Morgan fingerprint density at radius 2 is 1.90 bits per heavy atom. The average Bonchev–Trinajstić information content (AvgIpc) is 2.68. The Bertz CT molecular complexity index is 533. The average molecular weight is 301 g/mol. The third-order valence-corrected chi connectivity index (χ3v) is 5.05. The quantitative estimate of drug-likeness (QED) is 0.695. The smallest absolute Gasteiger partial charge is 0.240 e. The van der Waals surface area contributed by atoms with E-state index < -0.39 is 28.3 Å². The molecule has 1 fully saturated rings. The van der Waals surface area contributed by atoms with E-state index in [1.165, 1.54) is 19.2 Å². The molecule has 1 aromatic carbocycles. The topological polar surface area (TPSA) is 95.9 Å². The van der Waals surface area contributed by atoms with E-state index in [9.17, 15) is 18.6 Å². The van der Waals surface area contributed by atoms with Gasteiger partial charge in [-0.2, -0.15) is 0 Å². The van der Waals surface area contributed by atoms with Crippen LogP contribution in [0.4, 0.5) is 0 Å². The Morgan fingerprint density at radius 3 is 2.50 bits per heavy atom. The first-order valence-electron chi connectivity index (χ1n) is 6.38. The van der Waals surface area contributed by atoms with Crippen LogP contribution in [0, 0.1) is 5.92 Å². The third-order valence-electron chi connectivity index (χ3n) is 3.54. The highest BCUT2D eigenvalue weighted by Gasteiger charge is 2.43. The molecule has 0 aliphatic heterocycles. The van der Waals surface area contributed by atoms with Gasteiger partial charge in [0.05, 0.1) is 29.8 Å². The maximum Gasteiger partial charge on any atom is 0.240 e. The zero-order chi connectivity index (χ0) is 14.8. The third kappa shape index (κ3) is 3.18. The van der Waals surface area contributed by atoms with Crippen molar-refractivity contribution in [2.45, 2.75) is 29.6 Å². The molecule has 1 aliphatic rings. The van der Waals surface area contributed by atoms with E-state index in [-0.39, 0.29) is 17.4 Å². The molecule has 20 heavy (non-hydrogen) atoms. The summed E-state index contributed by atoms with van der Waals surface area (Å²) >= 11 is 0. The second-order valence-corrected chi connectivity index (χ2v) is 6.69. The SMILES string of the molecule is COC[C@H]1C[C@@H](NS(=O)(=O)c2ccccc2)[C@H](O)[C@@H]1O. The first-order valence-corrected chi connectivity index (χ1v) is 7.86.